The SMILES string of the molecule is CCCCNC(NC(N)NC)C(Cc1ccc(CCCCN(CC)CC(=O)OCC)cc1C)=C(C)C. The molecule has 2 atom stereocenters. The summed E-state index contributed by atoms with van der Waals surface area (Å²) in [5.74, 6) is -0.132. The lowest BCUT2D eigenvalue weighted by atomic mass is 9.93. The maximum absolute atomic E-state index is 11.7. The largest absolute Gasteiger partial charge is 0.465 e. The fourth-order valence-electron chi connectivity index (χ4n) is 4.26. The van der Waals surface area contributed by atoms with Gasteiger partial charge in [-0.3, -0.25) is 25.6 Å². The van der Waals surface area contributed by atoms with Crippen LogP contribution >= 0.6 is 0 Å². The van der Waals surface area contributed by atoms with Crippen LogP contribution in [0.5, 0.6) is 0 Å². The molecule has 0 fully saturated rings. The van der Waals surface area contributed by atoms with Crippen LogP contribution in [0, 0.1) is 6.92 Å². The van der Waals surface area contributed by atoms with Gasteiger partial charge < -0.3 is 10.5 Å². The summed E-state index contributed by atoms with van der Waals surface area (Å²) in [7, 11) is 1.87. The second-order valence-corrected chi connectivity index (χ2v) is 9.77. The number of hydrogen-bond acceptors (Lipinski definition) is 7. The summed E-state index contributed by atoms with van der Waals surface area (Å²) in [5, 5.41) is 10.2. The third-order valence-electron chi connectivity index (χ3n) is 6.61. The summed E-state index contributed by atoms with van der Waals surface area (Å²) in [5.41, 5.74) is 12.9. The highest BCUT2D eigenvalue weighted by Crippen LogP contribution is 2.20. The molecule has 7 heteroatoms. The number of likely N-dealkylation sites (N-methyl/N-ethyl adjacent to an activating group) is 1. The lowest BCUT2D eigenvalue weighted by molar-refractivity contribution is -0.144. The number of esters is 1. The van der Waals surface area contributed by atoms with Crippen molar-refractivity contribution in [3.05, 3.63) is 46.0 Å². The predicted molar refractivity (Wildman–Crippen MR) is 152 cm³/mol. The third kappa shape index (κ3) is 12.5. The van der Waals surface area contributed by atoms with Crippen molar-refractivity contribution >= 4 is 5.97 Å². The van der Waals surface area contributed by atoms with Gasteiger partial charge in [0.1, 0.15) is 6.29 Å². The summed E-state index contributed by atoms with van der Waals surface area (Å²) in [4.78, 5) is 13.9. The summed E-state index contributed by atoms with van der Waals surface area (Å²) < 4.78 is 5.08. The number of aryl methyl sites for hydroxylation is 2. The number of hydrogen-bond donors (Lipinski definition) is 4. The monoisotopic (exact) mass is 503 g/mol. The van der Waals surface area contributed by atoms with E-state index in [1.165, 1.54) is 27.8 Å². The van der Waals surface area contributed by atoms with Crippen molar-refractivity contribution in [2.45, 2.75) is 92.5 Å². The lowest BCUT2D eigenvalue weighted by Gasteiger charge is -2.28. The number of carbonyl (C=O) groups is 1. The zero-order valence-electron chi connectivity index (χ0n) is 24.0. The Labute approximate surface area is 220 Å². The fourth-order valence-corrected chi connectivity index (χ4v) is 4.26. The van der Waals surface area contributed by atoms with E-state index in [4.69, 9.17) is 10.5 Å². The van der Waals surface area contributed by atoms with Crippen molar-refractivity contribution in [2.24, 2.45) is 5.73 Å². The van der Waals surface area contributed by atoms with Crippen molar-refractivity contribution < 1.29 is 9.53 Å². The van der Waals surface area contributed by atoms with Crippen LogP contribution in [-0.4, -0.2) is 63.2 Å². The van der Waals surface area contributed by atoms with Crippen molar-refractivity contribution in [1.29, 1.82) is 0 Å². The van der Waals surface area contributed by atoms with Crippen molar-refractivity contribution in [3.8, 4) is 0 Å². The number of benzene rings is 1. The van der Waals surface area contributed by atoms with Gasteiger partial charge in [0.2, 0.25) is 0 Å². The highest BCUT2D eigenvalue weighted by atomic mass is 16.5. The van der Waals surface area contributed by atoms with Gasteiger partial charge in [-0.05, 0) is 109 Å². The van der Waals surface area contributed by atoms with Gasteiger partial charge in [0.25, 0.3) is 0 Å². The van der Waals surface area contributed by atoms with Gasteiger partial charge >= 0.3 is 5.97 Å². The van der Waals surface area contributed by atoms with E-state index in [2.05, 4.69) is 73.7 Å². The molecule has 0 radical (unpaired) electrons. The molecule has 7 nitrogen and oxygen atoms in total. The van der Waals surface area contributed by atoms with E-state index in [0.29, 0.717) is 13.2 Å². The smallest absolute Gasteiger partial charge is 0.320 e. The van der Waals surface area contributed by atoms with Crippen LogP contribution in [0.1, 0.15) is 77.0 Å². The molecule has 0 spiro atoms. The minimum Gasteiger partial charge on any atom is -0.465 e. The first-order valence-corrected chi connectivity index (χ1v) is 13.8. The van der Waals surface area contributed by atoms with Crippen LogP contribution in [0.3, 0.4) is 0 Å². The van der Waals surface area contributed by atoms with Gasteiger partial charge in [-0.2, -0.15) is 0 Å². The maximum atomic E-state index is 11.7. The molecule has 36 heavy (non-hydrogen) atoms. The van der Waals surface area contributed by atoms with Gasteiger partial charge in [0.05, 0.1) is 19.3 Å². The van der Waals surface area contributed by atoms with Crippen molar-refractivity contribution in [3.63, 3.8) is 0 Å². The average Bonchev–Trinajstić information content (AvgIpc) is 2.84. The molecule has 0 aliphatic carbocycles. The molecular weight excluding hydrogens is 450 g/mol. The topological polar surface area (TPSA) is 91.6 Å². The minimum absolute atomic E-state index is 0.0270. The number of rotatable bonds is 19. The minimum atomic E-state index is -0.275. The Kier molecular flexibility index (Phi) is 16.6. The first-order chi connectivity index (χ1) is 17.2. The Balaban J connectivity index is 2.75. The molecule has 1 aromatic carbocycles. The highest BCUT2D eigenvalue weighted by Gasteiger charge is 2.18. The normalized spacial score (nSPS) is 13.0. The molecule has 0 saturated carbocycles. The van der Waals surface area contributed by atoms with Crippen molar-refractivity contribution in [2.75, 3.05) is 39.8 Å². The maximum Gasteiger partial charge on any atom is 0.320 e. The number of nitrogens with zero attached hydrogens (tertiary/aromatic N) is 1. The summed E-state index contributed by atoms with van der Waals surface area (Å²) in [6.07, 6.45) is 6.15. The molecule has 1 aromatic rings. The van der Waals surface area contributed by atoms with E-state index in [1.54, 1.807) is 0 Å². The lowest BCUT2D eigenvalue weighted by Crippen LogP contribution is -2.57. The van der Waals surface area contributed by atoms with Gasteiger partial charge in [0.15, 0.2) is 0 Å². The van der Waals surface area contributed by atoms with Crippen LogP contribution < -0.4 is 21.7 Å². The fraction of sp³-hybridized carbons (Fsp3) is 0.690. The Morgan fingerprint density at radius 3 is 2.47 bits per heavy atom. The second-order valence-electron chi connectivity index (χ2n) is 9.77. The van der Waals surface area contributed by atoms with Crippen molar-refractivity contribution in [1.82, 2.24) is 20.9 Å². The second kappa shape index (κ2) is 18.5. The molecule has 0 saturated heterocycles. The molecule has 0 heterocycles. The number of nitrogens with one attached hydrogen (secondary N) is 3. The molecule has 0 aliphatic heterocycles. The molecule has 0 aromatic heterocycles. The number of allylic oxidation sites excluding steroid dienone is 1. The van der Waals surface area contributed by atoms with Crippen LogP contribution in [0.2, 0.25) is 0 Å². The van der Waals surface area contributed by atoms with Gasteiger partial charge in [-0.1, -0.05) is 44.0 Å². The van der Waals surface area contributed by atoms with Crippen LogP contribution in [-0.2, 0) is 22.4 Å². The Morgan fingerprint density at radius 2 is 1.89 bits per heavy atom. The molecule has 0 bridgehead atoms. The van der Waals surface area contributed by atoms with Crippen LogP contribution in [0.25, 0.3) is 0 Å². The highest BCUT2D eigenvalue weighted by molar-refractivity contribution is 5.71. The van der Waals surface area contributed by atoms with Gasteiger partial charge in [0, 0.05) is 0 Å². The van der Waals surface area contributed by atoms with Gasteiger partial charge in [-0.25, -0.2) is 0 Å². The number of nitrogens with two attached hydrogens (primary N) is 1. The predicted octanol–water partition coefficient (Wildman–Crippen LogP) is 3.85. The summed E-state index contributed by atoms with van der Waals surface area (Å²) in [6.45, 7) is 16.3. The van der Waals surface area contributed by atoms with E-state index in [0.717, 1.165) is 58.2 Å². The molecule has 0 aliphatic rings. The van der Waals surface area contributed by atoms with E-state index in [9.17, 15) is 4.79 Å². The summed E-state index contributed by atoms with van der Waals surface area (Å²) in [6, 6.07) is 6.89. The van der Waals surface area contributed by atoms with E-state index < -0.39 is 0 Å². The Hall–Kier alpha value is -1.77. The van der Waals surface area contributed by atoms with Gasteiger partial charge in [-0.15, -0.1) is 0 Å². The first kappa shape index (κ1) is 32.3. The summed E-state index contributed by atoms with van der Waals surface area (Å²) >= 11 is 0. The Morgan fingerprint density at radius 1 is 1.14 bits per heavy atom. The number of unbranched alkanes of at least 4 members (excludes halogenated alkanes) is 2. The third-order valence-corrected chi connectivity index (χ3v) is 6.61. The number of carbonyl (C=O) groups excluding carboxylic acids is 1. The first-order valence-electron chi connectivity index (χ1n) is 13.8. The van der Waals surface area contributed by atoms with Crippen LogP contribution in [0.4, 0.5) is 0 Å². The van der Waals surface area contributed by atoms with E-state index in [1.807, 2.05) is 14.0 Å². The Bertz CT molecular complexity index is 792. The molecule has 0 amide bonds. The molecular formula is C29H53N5O2. The van der Waals surface area contributed by atoms with E-state index >= 15 is 0 Å². The quantitative estimate of drug-likeness (QED) is 0.0986. The number of ether oxygens (including phenoxy) is 1. The van der Waals surface area contributed by atoms with E-state index in [-0.39, 0.29) is 18.4 Å². The molecule has 5 N–H and O–H groups in total. The van der Waals surface area contributed by atoms with Crippen LogP contribution in [0.15, 0.2) is 29.3 Å². The average molecular weight is 504 g/mol. The molecule has 206 valence electrons. The molecule has 1 rings (SSSR count). The zero-order chi connectivity index (χ0) is 26.9. The molecule has 2 unspecified atom stereocenters. The standard InChI is InChI=1S/C29H53N5O2/c1-8-11-17-32-28(33-29(30)31-7)26(22(4)5)20-25-16-15-24(19-23(25)6)14-12-13-18-34(9-2)21-27(35)36-10-3/h15-16,19,28-29,31-33H,8-14,17-18,20-21,30H2,1-7H3. The zero-order valence-corrected chi connectivity index (χ0v) is 24.0.